The molecule has 1 saturated carbocycles. The van der Waals surface area contributed by atoms with E-state index in [4.69, 9.17) is 0 Å². The van der Waals surface area contributed by atoms with Crippen LogP contribution in [0.25, 0.3) is 0 Å². The van der Waals surface area contributed by atoms with Crippen molar-refractivity contribution in [3.8, 4) is 0 Å². The van der Waals surface area contributed by atoms with Gasteiger partial charge in [0, 0.05) is 5.41 Å². The van der Waals surface area contributed by atoms with E-state index in [9.17, 15) is 18.3 Å². The molecule has 0 saturated heterocycles. The van der Waals surface area contributed by atoms with E-state index in [1.165, 1.54) is 12.1 Å². The Hall–Kier alpha value is -1.03. The smallest absolute Gasteiger partial charge is 0.388 e. The molecule has 1 aromatic carbocycles. The molecule has 1 atom stereocenters. The Bertz CT molecular complexity index is 473. The number of aliphatic hydroxyl groups excluding tert-OH is 1. The minimum atomic E-state index is -4.42. The van der Waals surface area contributed by atoms with Gasteiger partial charge in [0.1, 0.15) is 0 Å². The molecule has 1 nitrogen and oxygen atoms in total. The standard InChI is InChI=1S/C17H23F3O/c1-12(2)11-16(9-5-6-10-16)15(21)13-7-3-4-8-14(13)17(18,19)20/h3-4,7-8,12,15,21H,5-6,9-11H2,1-2H3. The molecule has 0 aliphatic heterocycles. The van der Waals surface area contributed by atoms with Crippen molar-refractivity contribution in [3.63, 3.8) is 0 Å². The highest BCUT2D eigenvalue weighted by Crippen LogP contribution is 2.53. The fourth-order valence-electron chi connectivity index (χ4n) is 3.80. The van der Waals surface area contributed by atoms with Gasteiger partial charge in [-0.2, -0.15) is 13.2 Å². The molecule has 1 unspecified atom stereocenters. The lowest BCUT2D eigenvalue weighted by molar-refractivity contribution is -0.140. The SMILES string of the molecule is CC(C)CC1(C(O)c2ccccc2C(F)(F)F)CCCC1. The molecule has 21 heavy (non-hydrogen) atoms. The van der Waals surface area contributed by atoms with E-state index in [1.54, 1.807) is 6.07 Å². The average Bonchev–Trinajstić information content (AvgIpc) is 2.85. The van der Waals surface area contributed by atoms with Crippen molar-refractivity contribution < 1.29 is 18.3 Å². The van der Waals surface area contributed by atoms with Gasteiger partial charge in [0.05, 0.1) is 11.7 Å². The van der Waals surface area contributed by atoms with Crippen LogP contribution in [0.1, 0.15) is 63.2 Å². The maximum Gasteiger partial charge on any atom is 0.416 e. The first-order chi connectivity index (χ1) is 9.76. The van der Waals surface area contributed by atoms with E-state index in [2.05, 4.69) is 13.8 Å². The molecule has 0 amide bonds. The summed E-state index contributed by atoms with van der Waals surface area (Å²) in [4.78, 5) is 0. The molecule has 1 aliphatic carbocycles. The van der Waals surface area contributed by atoms with Crippen LogP contribution in [0.5, 0.6) is 0 Å². The Morgan fingerprint density at radius 2 is 1.71 bits per heavy atom. The number of rotatable bonds is 4. The van der Waals surface area contributed by atoms with Crippen molar-refractivity contribution in [3.05, 3.63) is 35.4 Å². The van der Waals surface area contributed by atoms with Crippen LogP contribution >= 0.6 is 0 Å². The van der Waals surface area contributed by atoms with Gasteiger partial charge < -0.3 is 5.11 Å². The van der Waals surface area contributed by atoms with E-state index in [0.717, 1.165) is 38.2 Å². The maximum atomic E-state index is 13.2. The van der Waals surface area contributed by atoms with Crippen molar-refractivity contribution in [1.29, 1.82) is 0 Å². The minimum absolute atomic E-state index is 0.0348. The zero-order valence-electron chi connectivity index (χ0n) is 12.6. The van der Waals surface area contributed by atoms with Gasteiger partial charge in [-0.05, 0) is 36.8 Å². The lowest BCUT2D eigenvalue weighted by atomic mass is 9.71. The lowest BCUT2D eigenvalue weighted by Crippen LogP contribution is -2.29. The van der Waals surface area contributed by atoms with E-state index < -0.39 is 23.3 Å². The van der Waals surface area contributed by atoms with Gasteiger partial charge in [0.2, 0.25) is 0 Å². The second kappa shape index (κ2) is 5.99. The Labute approximate surface area is 124 Å². The summed E-state index contributed by atoms with van der Waals surface area (Å²) in [5.74, 6) is 0.357. The predicted octanol–water partition coefficient (Wildman–Crippen LogP) is 5.35. The molecule has 0 aromatic heterocycles. The zero-order chi connectivity index (χ0) is 15.7. The molecule has 1 aromatic rings. The second-order valence-electron chi connectivity index (χ2n) is 6.65. The first kappa shape index (κ1) is 16.3. The number of halogens is 3. The van der Waals surface area contributed by atoms with Crippen LogP contribution in [0.2, 0.25) is 0 Å². The zero-order valence-corrected chi connectivity index (χ0v) is 12.6. The Balaban J connectivity index is 2.40. The third kappa shape index (κ3) is 3.42. The predicted molar refractivity (Wildman–Crippen MR) is 76.8 cm³/mol. The number of hydrogen-bond acceptors (Lipinski definition) is 1. The average molecular weight is 300 g/mol. The summed E-state index contributed by atoms with van der Waals surface area (Å²) in [6, 6.07) is 5.44. The van der Waals surface area contributed by atoms with Crippen molar-refractivity contribution in [2.45, 2.75) is 58.2 Å². The minimum Gasteiger partial charge on any atom is -0.388 e. The Morgan fingerprint density at radius 1 is 1.14 bits per heavy atom. The monoisotopic (exact) mass is 300 g/mol. The van der Waals surface area contributed by atoms with Crippen LogP contribution in [0, 0.1) is 11.3 Å². The Kier molecular flexibility index (Phi) is 4.66. The van der Waals surface area contributed by atoms with Crippen molar-refractivity contribution in [2.75, 3.05) is 0 Å². The summed E-state index contributed by atoms with van der Waals surface area (Å²) in [5.41, 5.74) is -1.07. The van der Waals surface area contributed by atoms with Crippen molar-refractivity contribution >= 4 is 0 Å². The summed E-state index contributed by atoms with van der Waals surface area (Å²) < 4.78 is 39.5. The molecule has 118 valence electrons. The summed E-state index contributed by atoms with van der Waals surface area (Å²) in [7, 11) is 0. The third-order valence-electron chi connectivity index (χ3n) is 4.55. The molecule has 1 aliphatic rings. The highest BCUT2D eigenvalue weighted by atomic mass is 19.4. The fraction of sp³-hybridized carbons (Fsp3) is 0.647. The number of hydrogen-bond donors (Lipinski definition) is 1. The Morgan fingerprint density at radius 3 is 2.24 bits per heavy atom. The molecule has 0 bridgehead atoms. The van der Waals surface area contributed by atoms with Gasteiger partial charge in [0.15, 0.2) is 0 Å². The van der Waals surface area contributed by atoms with Gasteiger partial charge >= 0.3 is 6.18 Å². The molecule has 0 radical (unpaired) electrons. The van der Waals surface area contributed by atoms with Gasteiger partial charge in [0.25, 0.3) is 0 Å². The lowest BCUT2D eigenvalue weighted by Gasteiger charge is -2.37. The topological polar surface area (TPSA) is 20.2 Å². The van der Waals surface area contributed by atoms with Crippen LogP contribution in [0.15, 0.2) is 24.3 Å². The first-order valence-electron chi connectivity index (χ1n) is 7.60. The van der Waals surface area contributed by atoms with Gasteiger partial charge in [-0.25, -0.2) is 0 Å². The molecule has 1 N–H and O–H groups in total. The summed E-state index contributed by atoms with van der Waals surface area (Å²) in [6.45, 7) is 4.12. The van der Waals surface area contributed by atoms with Crippen LogP contribution in [0.3, 0.4) is 0 Å². The van der Waals surface area contributed by atoms with Crippen molar-refractivity contribution in [1.82, 2.24) is 0 Å². The van der Waals surface area contributed by atoms with Crippen LogP contribution in [0.4, 0.5) is 13.2 Å². The van der Waals surface area contributed by atoms with Gasteiger partial charge in [-0.3, -0.25) is 0 Å². The molecular formula is C17H23F3O. The largest absolute Gasteiger partial charge is 0.416 e. The quantitative estimate of drug-likeness (QED) is 0.795. The number of alkyl halides is 3. The second-order valence-corrected chi connectivity index (χ2v) is 6.65. The highest BCUT2D eigenvalue weighted by Gasteiger charge is 2.44. The number of benzene rings is 1. The van der Waals surface area contributed by atoms with E-state index in [-0.39, 0.29) is 5.56 Å². The summed E-state index contributed by atoms with van der Waals surface area (Å²) in [6.07, 6.45) is -1.12. The maximum absolute atomic E-state index is 13.2. The van der Waals surface area contributed by atoms with Gasteiger partial charge in [-0.15, -0.1) is 0 Å². The molecule has 0 spiro atoms. The molecule has 4 heteroatoms. The highest BCUT2D eigenvalue weighted by molar-refractivity contribution is 5.33. The molecular weight excluding hydrogens is 277 g/mol. The molecule has 2 rings (SSSR count). The summed E-state index contributed by atoms with van der Waals surface area (Å²) >= 11 is 0. The first-order valence-corrected chi connectivity index (χ1v) is 7.60. The van der Waals surface area contributed by atoms with E-state index in [0.29, 0.717) is 5.92 Å². The van der Waals surface area contributed by atoms with E-state index >= 15 is 0 Å². The third-order valence-corrected chi connectivity index (χ3v) is 4.55. The van der Waals surface area contributed by atoms with E-state index in [1.807, 2.05) is 0 Å². The van der Waals surface area contributed by atoms with Crippen LogP contribution < -0.4 is 0 Å². The van der Waals surface area contributed by atoms with Crippen LogP contribution in [-0.2, 0) is 6.18 Å². The molecule has 1 fully saturated rings. The molecule has 0 heterocycles. The normalized spacial score (nSPS) is 20.0. The number of aliphatic hydroxyl groups is 1. The van der Waals surface area contributed by atoms with Crippen molar-refractivity contribution in [2.24, 2.45) is 11.3 Å². The van der Waals surface area contributed by atoms with Gasteiger partial charge in [-0.1, -0.05) is 44.9 Å². The summed E-state index contributed by atoms with van der Waals surface area (Å²) in [5, 5.41) is 10.8. The fourth-order valence-corrected chi connectivity index (χ4v) is 3.80. The van der Waals surface area contributed by atoms with Crippen LogP contribution in [-0.4, -0.2) is 5.11 Å².